The number of nitrogens with one attached hydrogen (secondary N) is 1. The van der Waals surface area contributed by atoms with Gasteiger partial charge < -0.3 is 10.1 Å². The predicted octanol–water partition coefficient (Wildman–Crippen LogP) is 4.35. The first-order chi connectivity index (χ1) is 9.45. The van der Waals surface area contributed by atoms with Crippen molar-refractivity contribution >= 4 is 0 Å². The van der Waals surface area contributed by atoms with Crippen LogP contribution in [0.1, 0.15) is 60.3 Å². The maximum atomic E-state index is 5.30. The van der Waals surface area contributed by atoms with Gasteiger partial charge in [0, 0.05) is 19.8 Å². The first kappa shape index (κ1) is 18.0. The Morgan fingerprint density at radius 3 is 2.35 bits per heavy atom. The zero-order chi connectivity index (χ0) is 15.1. The van der Waals surface area contributed by atoms with Crippen molar-refractivity contribution < 1.29 is 4.74 Å². The minimum atomic E-state index is 0.604. The molecule has 1 aliphatic carbocycles. The van der Waals surface area contributed by atoms with E-state index in [-0.39, 0.29) is 0 Å². The lowest BCUT2D eigenvalue weighted by Gasteiger charge is -2.41. The summed E-state index contributed by atoms with van der Waals surface area (Å²) in [5.74, 6) is 4.29. The molecule has 0 aromatic carbocycles. The molecule has 0 amide bonds. The van der Waals surface area contributed by atoms with E-state index in [1.807, 2.05) is 7.11 Å². The molecule has 120 valence electrons. The number of hydrogen-bond acceptors (Lipinski definition) is 2. The average molecular weight is 284 g/mol. The molecule has 1 saturated carbocycles. The Hall–Kier alpha value is -0.0800. The Morgan fingerprint density at radius 2 is 1.80 bits per heavy atom. The Morgan fingerprint density at radius 1 is 1.10 bits per heavy atom. The van der Waals surface area contributed by atoms with Crippen molar-refractivity contribution in [1.82, 2.24) is 5.32 Å². The number of methoxy groups -OCH3 is 1. The Bertz CT molecular complexity index is 252. The van der Waals surface area contributed by atoms with Gasteiger partial charge in [-0.25, -0.2) is 0 Å². The van der Waals surface area contributed by atoms with E-state index in [2.05, 4.69) is 39.9 Å². The summed E-state index contributed by atoms with van der Waals surface area (Å²) in [6.07, 6.45) is 5.47. The molecule has 1 aliphatic rings. The van der Waals surface area contributed by atoms with Crippen molar-refractivity contribution in [2.24, 2.45) is 29.6 Å². The van der Waals surface area contributed by atoms with Crippen LogP contribution in [0.5, 0.6) is 0 Å². The molecule has 1 rings (SSSR count). The van der Waals surface area contributed by atoms with Crippen LogP contribution >= 0.6 is 0 Å². The molecule has 4 unspecified atom stereocenters. The Labute approximate surface area is 127 Å². The molecule has 0 heterocycles. The highest BCUT2D eigenvalue weighted by molar-refractivity contribution is 4.85. The van der Waals surface area contributed by atoms with Gasteiger partial charge >= 0.3 is 0 Å². The van der Waals surface area contributed by atoms with E-state index in [4.69, 9.17) is 4.74 Å². The van der Waals surface area contributed by atoms with E-state index in [0.717, 1.165) is 36.2 Å². The quantitative estimate of drug-likeness (QED) is 0.715. The van der Waals surface area contributed by atoms with E-state index < -0.39 is 0 Å². The molecule has 0 radical (unpaired) electrons. The molecule has 0 saturated heterocycles. The first-order valence-electron chi connectivity index (χ1n) is 8.68. The highest BCUT2D eigenvalue weighted by Gasteiger charge is 2.34. The van der Waals surface area contributed by atoms with Gasteiger partial charge in [0.2, 0.25) is 0 Å². The van der Waals surface area contributed by atoms with Gasteiger partial charge in [-0.2, -0.15) is 0 Å². The second kappa shape index (κ2) is 9.04. The van der Waals surface area contributed by atoms with Gasteiger partial charge in [0.05, 0.1) is 0 Å². The Kier molecular flexibility index (Phi) is 8.13. The maximum Gasteiger partial charge on any atom is 0.0464 e. The van der Waals surface area contributed by atoms with Gasteiger partial charge in [0.25, 0.3) is 0 Å². The third kappa shape index (κ3) is 5.73. The van der Waals surface area contributed by atoms with Crippen LogP contribution in [0, 0.1) is 29.6 Å². The lowest BCUT2D eigenvalue weighted by atomic mass is 9.66. The summed E-state index contributed by atoms with van der Waals surface area (Å²) in [6, 6.07) is 0.604. The molecule has 4 atom stereocenters. The smallest absolute Gasteiger partial charge is 0.0464 e. The second-order valence-electron chi connectivity index (χ2n) is 7.56. The molecule has 0 aromatic rings. The van der Waals surface area contributed by atoms with E-state index >= 15 is 0 Å². The fraction of sp³-hybridized carbons (Fsp3) is 1.00. The molecule has 0 bridgehead atoms. The summed E-state index contributed by atoms with van der Waals surface area (Å²) in [7, 11) is 1.82. The third-order valence-electron chi connectivity index (χ3n) is 5.33. The largest absolute Gasteiger partial charge is 0.385 e. The lowest BCUT2D eigenvalue weighted by Crippen LogP contribution is -2.39. The first-order valence-corrected chi connectivity index (χ1v) is 8.68. The van der Waals surface area contributed by atoms with Gasteiger partial charge in [0.15, 0.2) is 0 Å². The highest BCUT2D eigenvalue weighted by atomic mass is 16.5. The zero-order valence-electron chi connectivity index (χ0n) is 14.6. The fourth-order valence-electron chi connectivity index (χ4n) is 3.76. The van der Waals surface area contributed by atoms with Crippen molar-refractivity contribution in [3.8, 4) is 0 Å². The van der Waals surface area contributed by atoms with Gasteiger partial charge in [-0.3, -0.25) is 0 Å². The molecular formula is C18H37NO. The molecule has 1 N–H and O–H groups in total. The van der Waals surface area contributed by atoms with Crippen LogP contribution in [0.15, 0.2) is 0 Å². The minimum Gasteiger partial charge on any atom is -0.385 e. The Balaban J connectivity index is 2.61. The van der Waals surface area contributed by atoms with Crippen LogP contribution in [0.4, 0.5) is 0 Å². The normalized spacial score (nSPS) is 29.1. The van der Waals surface area contributed by atoms with E-state index in [9.17, 15) is 0 Å². The molecule has 0 spiro atoms. The molecule has 2 heteroatoms. The van der Waals surface area contributed by atoms with E-state index in [1.54, 1.807) is 0 Å². The monoisotopic (exact) mass is 283 g/mol. The lowest BCUT2D eigenvalue weighted by molar-refractivity contribution is 0.0817. The topological polar surface area (TPSA) is 21.3 Å². The predicted molar refractivity (Wildman–Crippen MR) is 88.0 cm³/mol. The third-order valence-corrected chi connectivity index (χ3v) is 5.33. The van der Waals surface area contributed by atoms with Gasteiger partial charge in [-0.15, -0.1) is 0 Å². The summed E-state index contributed by atoms with van der Waals surface area (Å²) < 4.78 is 5.30. The number of ether oxygens (including phenoxy) is 1. The zero-order valence-corrected chi connectivity index (χ0v) is 14.6. The molecule has 2 nitrogen and oxygen atoms in total. The highest BCUT2D eigenvalue weighted by Crippen LogP contribution is 2.41. The summed E-state index contributed by atoms with van der Waals surface area (Å²) in [4.78, 5) is 0. The van der Waals surface area contributed by atoms with Crippen LogP contribution in [-0.2, 0) is 4.74 Å². The van der Waals surface area contributed by atoms with Crippen molar-refractivity contribution in [3.63, 3.8) is 0 Å². The molecule has 20 heavy (non-hydrogen) atoms. The maximum absolute atomic E-state index is 5.30. The van der Waals surface area contributed by atoms with Crippen LogP contribution < -0.4 is 5.32 Å². The summed E-state index contributed by atoms with van der Waals surface area (Å²) >= 11 is 0. The summed E-state index contributed by atoms with van der Waals surface area (Å²) in [6.45, 7) is 13.8. The van der Waals surface area contributed by atoms with Crippen molar-refractivity contribution in [3.05, 3.63) is 0 Å². The van der Waals surface area contributed by atoms with Crippen molar-refractivity contribution in [2.75, 3.05) is 20.3 Å². The van der Waals surface area contributed by atoms with Crippen molar-refractivity contribution in [2.45, 2.75) is 66.3 Å². The minimum absolute atomic E-state index is 0.604. The molecule has 0 aliphatic heterocycles. The van der Waals surface area contributed by atoms with Crippen LogP contribution in [0.2, 0.25) is 0 Å². The van der Waals surface area contributed by atoms with Gasteiger partial charge in [0.1, 0.15) is 0 Å². The van der Waals surface area contributed by atoms with E-state index in [0.29, 0.717) is 6.04 Å². The van der Waals surface area contributed by atoms with Crippen LogP contribution in [0.25, 0.3) is 0 Å². The molecular weight excluding hydrogens is 246 g/mol. The summed E-state index contributed by atoms with van der Waals surface area (Å²) in [5, 5.41) is 3.67. The molecule has 1 fully saturated rings. The van der Waals surface area contributed by atoms with Crippen LogP contribution in [-0.4, -0.2) is 26.3 Å². The summed E-state index contributed by atoms with van der Waals surface area (Å²) in [5.41, 5.74) is 0. The standard InChI is InChI=1S/C18H37NO/c1-13(2)16-7-8-17(12-19-14(3)4)18(11-16)15(5)9-10-20-6/h13-19H,7-12H2,1-6H3. The second-order valence-corrected chi connectivity index (χ2v) is 7.56. The molecule has 0 aromatic heterocycles. The SMILES string of the molecule is COCCC(C)C1CC(C(C)C)CCC1CNC(C)C. The van der Waals surface area contributed by atoms with Crippen molar-refractivity contribution in [1.29, 1.82) is 0 Å². The number of rotatable bonds is 8. The average Bonchev–Trinajstić information content (AvgIpc) is 2.42. The van der Waals surface area contributed by atoms with E-state index in [1.165, 1.54) is 32.2 Å². The van der Waals surface area contributed by atoms with Gasteiger partial charge in [-0.1, -0.05) is 34.6 Å². The number of hydrogen-bond donors (Lipinski definition) is 1. The van der Waals surface area contributed by atoms with Gasteiger partial charge in [-0.05, 0) is 61.8 Å². The van der Waals surface area contributed by atoms with Crippen LogP contribution in [0.3, 0.4) is 0 Å². The fourth-order valence-corrected chi connectivity index (χ4v) is 3.76.